The lowest BCUT2D eigenvalue weighted by molar-refractivity contribution is 0.0113. The summed E-state index contributed by atoms with van der Waals surface area (Å²) in [7, 11) is 2.00. The Morgan fingerprint density at radius 1 is 1.56 bits per heavy atom. The number of ether oxygens (including phenoxy) is 2. The average molecular weight is 225 g/mol. The van der Waals surface area contributed by atoms with Gasteiger partial charge in [0.2, 0.25) is 0 Å². The molecule has 0 radical (unpaired) electrons. The fraction of sp³-hybridized carbons (Fsp3) is 0.846. The smallest absolute Gasteiger partial charge is 0.112 e. The molecule has 0 saturated heterocycles. The molecule has 16 heavy (non-hydrogen) atoms. The molecule has 2 unspecified atom stereocenters. The van der Waals surface area contributed by atoms with Crippen molar-refractivity contribution < 1.29 is 9.47 Å². The quantitative estimate of drug-likeness (QED) is 0.751. The summed E-state index contributed by atoms with van der Waals surface area (Å²) in [4.78, 5) is 0. The van der Waals surface area contributed by atoms with E-state index >= 15 is 0 Å². The third-order valence-corrected chi connectivity index (χ3v) is 3.35. The Morgan fingerprint density at radius 3 is 2.88 bits per heavy atom. The van der Waals surface area contributed by atoms with Crippen LogP contribution in [0.4, 0.5) is 0 Å². The summed E-state index contributed by atoms with van der Waals surface area (Å²) in [5, 5.41) is 3.36. The van der Waals surface area contributed by atoms with Gasteiger partial charge in [-0.1, -0.05) is 0 Å². The van der Waals surface area contributed by atoms with Gasteiger partial charge in [0.05, 0.1) is 18.8 Å². The normalized spacial score (nSPS) is 24.5. The van der Waals surface area contributed by atoms with E-state index in [1.54, 1.807) is 0 Å². The van der Waals surface area contributed by atoms with E-state index in [-0.39, 0.29) is 6.04 Å². The first-order chi connectivity index (χ1) is 7.86. The van der Waals surface area contributed by atoms with E-state index in [9.17, 15) is 0 Å². The van der Waals surface area contributed by atoms with Crippen molar-refractivity contribution in [2.24, 2.45) is 5.92 Å². The summed E-state index contributed by atoms with van der Waals surface area (Å²) >= 11 is 0. The molecular weight excluding hydrogens is 202 g/mol. The highest BCUT2D eigenvalue weighted by Gasteiger charge is 2.39. The van der Waals surface area contributed by atoms with Gasteiger partial charge in [0.15, 0.2) is 0 Å². The van der Waals surface area contributed by atoms with E-state index < -0.39 is 0 Å². The van der Waals surface area contributed by atoms with E-state index in [1.165, 1.54) is 12.8 Å². The second-order valence-electron chi connectivity index (χ2n) is 4.62. The third kappa shape index (κ3) is 2.77. The number of likely N-dealkylation sites (N-methyl/N-ethyl adjacent to an activating group) is 1. The molecule has 1 heterocycles. The Morgan fingerprint density at radius 2 is 2.38 bits per heavy atom. The predicted octanol–water partition coefficient (Wildman–Crippen LogP) is 2.08. The number of rotatable bonds is 6. The van der Waals surface area contributed by atoms with Crippen LogP contribution in [0.5, 0.6) is 0 Å². The second kappa shape index (κ2) is 5.69. The molecule has 0 amide bonds. The van der Waals surface area contributed by atoms with Gasteiger partial charge in [-0.2, -0.15) is 0 Å². The van der Waals surface area contributed by atoms with Crippen LogP contribution in [0.2, 0.25) is 0 Å². The first-order valence-electron chi connectivity index (χ1n) is 6.48. The fourth-order valence-electron chi connectivity index (χ4n) is 2.38. The molecule has 1 N–H and O–H groups in total. The zero-order valence-corrected chi connectivity index (χ0v) is 10.4. The maximum Gasteiger partial charge on any atom is 0.112 e. The highest BCUT2D eigenvalue weighted by Crippen LogP contribution is 2.37. The Hall–Kier alpha value is -0.540. The van der Waals surface area contributed by atoms with Crippen molar-refractivity contribution in [1.29, 1.82) is 0 Å². The van der Waals surface area contributed by atoms with Crippen molar-refractivity contribution >= 4 is 0 Å². The summed E-state index contributed by atoms with van der Waals surface area (Å²) in [6.07, 6.45) is 7.39. The molecule has 2 rings (SSSR count). The maximum atomic E-state index is 5.89. The van der Waals surface area contributed by atoms with Gasteiger partial charge in [0, 0.05) is 6.61 Å². The Labute approximate surface area is 98.2 Å². The zero-order valence-electron chi connectivity index (χ0n) is 10.4. The summed E-state index contributed by atoms with van der Waals surface area (Å²) in [6.45, 7) is 3.71. The number of hydrogen-bond acceptors (Lipinski definition) is 3. The van der Waals surface area contributed by atoms with Gasteiger partial charge in [0.25, 0.3) is 0 Å². The topological polar surface area (TPSA) is 30.5 Å². The van der Waals surface area contributed by atoms with Crippen molar-refractivity contribution in [3.05, 3.63) is 11.8 Å². The molecule has 0 aromatic carbocycles. The first-order valence-corrected chi connectivity index (χ1v) is 6.48. The van der Waals surface area contributed by atoms with Gasteiger partial charge in [-0.25, -0.2) is 0 Å². The second-order valence-corrected chi connectivity index (χ2v) is 4.62. The summed E-state index contributed by atoms with van der Waals surface area (Å²) in [5.41, 5.74) is 0. The number of hydrogen-bond donors (Lipinski definition) is 1. The summed E-state index contributed by atoms with van der Waals surface area (Å²) in [5.74, 6) is 1.82. The molecule has 2 atom stereocenters. The van der Waals surface area contributed by atoms with Crippen LogP contribution in [0, 0.1) is 5.92 Å². The van der Waals surface area contributed by atoms with E-state index in [0.717, 1.165) is 37.7 Å². The zero-order chi connectivity index (χ0) is 11.4. The molecular formula is C13H23NO2. The van der Waals surface area contributed by atoms with Crippen LogP contribution < -0.4 is 5.32 Å². The molecule has 3 heteroatoms. The minimum Gasteiger partial charge on any atom is -0.496 e. The molecule has 1 fully saturated rings. The average Bonchev–Trinajstić information content (AvgIpc) is 3.14. The van der Waals surface area contributed by atoms with Crippen LogP contribution in [0.25, 0.3) is 0 Å². The minimum absolute atomic E-state index is 0.243. The molecule has 0 bridgehead atoms. The minimum atomic E-state index is 0.243. The van der Waals surface area contributed by atoms with Crippen LogP contribution in [0.1, 0.15) is 32.6 Å². The Kier molecular flexibility index (Phi) is 4.24. The molecule has 1 aliphatic carbocycles. The van der Waals surface area contributed by atoms with Gasteiger partial charge < -0.3 is 14.8 Å². The third-order valence-electron chi connectivity index (χ3n) is 3.35. The van der Waals surface area contributed by atoms with Crippen molar-refractivity contribution in [1.82, 2.24) is 5.32 Å². The lowest BCUT2D eigenvalue weighted by Gasteiger charge is -2.30. The lowest BCUT2D eigenvalue weighted by Crippen LogP contribution is -2.43. The van der Waals surface area contributed by atoms with Crippen LogP contribution in [0.15, 0.2) is 11.8 Å². The molecule has 1 aliphatic heterocycles. The van der Waals surface area contributed by atoms with E-state index in [1.807, 2.05) is 7.05 Å². The van der Waals surface area contributed by atoms with Gasteiger partial charge in [-0.05, 0) is 51.6 Å². The van der Waals surface area contributed by atoms with E-state index in [2.05, 4.69) is 18.3 Å². The van der Waals surface area contributed by atoms with Crippen molar-refractivity contribution in [3.8, 4) is 0 Å². The molecule has 1 saturated carbocycles. The van der Waals surface area contributed by atoms with E-state index in [4.69, 9.17) is 9.47 Å². The maximum absolute atomic E-state index is 5.89. The largest absolute Gasteiger partial charge is 0.496 e. The number of allylic oxidation sites excluding steroid dienone is 1. The van der Waals surface area contributed by atoms with Crippen LogP contribution >= 0.6 is 0 Å². The van der Waals surface area contributed by atoms with Gasteiger partial charge in [-0.15, -0.1) is 0 Å². The SMILES string of the molecule is CCOC(C1CC1)C(NC)C1=CCCCO1. The van der Waals surface area contributed by atoms with Gasteiger partial charge in [0.1, 0.15) is 5.76 Å². The van der Waals surface area contributed by atoms with Crippen LogP contribution in [-0.2, 0) is 9.47 Å². The lowest BCUT2D eigenvalue weighted by atomic mass is 10.0. The monoisotopic (exact) mass is 225 g/mol. The Bertz CT molecular complexity index is 248. The highest BCUT2D eigenvalue weighted by molar-refractivity contribution is 5.10. The van der Waals surface area contributed by atoms with Crippen LogP contribution in [0.3, 0.4) is 0 Å². The summed E-state index contributed by atoms with van der Waals surface area (Å²) in [6, 6.07) is 0.243. The Balaban J connectivity index is 2.02. The highest BCUT2D eigenvalue weighted by atomic mass is 16.5. The van der Waals surface area contributed by atoms with Crippen molar-refractivity contribution in [2.45, 2.75) is 44.8 Å². The molecule has 0 aromatic rings. The number of nitrogens with one attached hydrogen (secondary N) is 1. The standard InChI is InChI=1S/C13H23NO2/c1-3-15-13(10-7-8-10)12(14-2)11-6-4-5-9-16-11/h6,10,12-14H,3-5,7-9H2,1-2H3. The van der Waals surface area contributed by atoms with Crippen LogP contribution in [-0.4, -0.2) is 32.4 Å². The van der Waals surface area contributed by atoms with Crippen molar-refractivity contribution in [3.63, 3.8) is 0 Å². The predicted molar refractivity (Wildman–Crippen MR) is 64.3 cm³/mol. The first kappa shape index (κ1) is 11.9. The fourth-order valence-corrected chi connectivity index (χ4v) is 2.38. The molecule has 3 nitrogen and oxygen atoms in total. The van der Waals surface area contributed by atoms with Gasteiger partial charge >= 0.3 is 0 Å². The van der Waals surface area contributed by atoms with E-state index in [0.29, 0.717) is 6.10 Å². The summed E-state index contributed by atoms with van der Waals surface area (Å²) < 4.78 is 11.6. The van der Waals surface area contributed by atoms with Gasteiger partial charge in [-0.3, -0.25) is 0 Å². The molecule has 0 spiro atoms. The molecule has 2 aliphatic rings. The molecule has 0 aromatic heterocycles. The van der Waals surface area contributed by atoms with Crippen molar-refractivity contribution in [2.75, 3.05) is 20.3 Å². The molecule has 92 valence electrons.